The van der Waals surface area contributed by atoms with E-state index in [1.807, 2.05) is 0 Å². The van der Waals surface area contributed by atoms with Crippen molar-refractivity contribution in [3.8, 4) is 0 Å². The molecule has 0 aromatic rings. The van der Waals surface area contributed by atoms with Crippen molar-refractivity contribution in [2.24, 2.45) is 5.92 Å². The lowest BCUT2D eigenvalue weighted by atomic mass is 10.0. The molecule has 1 aliphatic rings. The van der Waals surface area contributed by atoms with Gasteiger partial charge < -0.3 is 15.1 Å². The highest BCUT2D eigenvalue weighted by molar-refractivity contribution is 4.75. The number of likely N-dealkylation sites (tertiary alicyclic amines) is 1. The first-order valence-electron chi connectivity index (χ1n) is 7.95. The van der Waals surface area contributed by atoms with Crippen LogP contribution in [0.15, 0.2) is 0 Å². The van der Waals surface area contributed by atoms with Gasteiger partial charge in [-0.1, -0.05) is 27.2 Å². The summed E-state index contributed by atoms with van der Waals surface area (Å²) in [7, 11) is 0. The molecule has 18 heavy (non-hydrogen) atoms. The normalized spacial score (nSPS) is 21.0. The second-order valence-corrected chi connectivity index (χ2v) is 5.52. The largest absolute Gasteiger partial charge is 0.314 e. The minimum atomic E-state index is 0.977. The Kier molecular flexibility index (Phi) is 8.64. The first kappa shape index (κ1) is 15.9. The van der Waals surface area contributed by atoms with Crippen molar-refractivity contribution >= 4 is 0 Å². The fourth-order valence-electron chi connectivity index (χ4n) is 2.90. The van der Waals surface area contributed by atoms with Crippen LogP contribution in [0.4, 0.5) is 0 Å². The van der Waals surface area contributed by atoms with Gasteiger partial charge in [-0.2, -0.15) is 0 Å². The standard InChI is InChI=1S/C15H33N3/c1-4-7-15-8-11-18(14-15)13-10-16-9-12-17(5-2)6-3/h15-16H,4-14H2,1-3H3. The summed E-state index contributed by atoms with van der Waals surface area (Å²) in [6, 6.07) is 0. The summed E-state index contributed by atoms with van der Waals surface area (Å²) in [5.74, 6) is 0.977. The Balaban J connectivity index is 1.95. The van der Waals surface area contributed by atoms with Gasteiger partial charge in [0, 0.05) is 32.7 Å². The lowest BCUT2D eigenvalue weighted by molar-refractivity contribution is 0.289. The Morgan fingerprint density at radius 2 is 1.94 bits per heavy atom. The van der Waals surface area contributed by atoms with E-state index in [0.29, 0.717) is 0 Å². The maximum absolute atomic E-state index is 3.57. The minimum Gasteiger partial charge on any atom is -0.314 e. The van der Waals surface area contributed by atoms with E-state index in [1.54, 1.807) is 0 Å². The lowest BCUT2D eigenvalue weighted by Crippen LogP contribution is -2.36. The second kappa shape index (κ2) is 9.76. The molecule has 1 heterocycles. The first-order chi connectivity index (χ1) is 8.80. The summed E-state index contributed by atoms with van der Waals surface area (Å²) >= 11 is 0. The molecule has 3 heteroatoms. The molecule has 1 unspecified atom stereocenters. The molecule has 0 spiro atoms. The number of likely N-dealkylation sites (N-methyl/N-ethyl adjacent to an activating group) is 1. The van der Waals surface area contributed by atoms with Crippen molar-refractivity contribution in [2.45, 2.75) is 40.0 Å². The van der Waals surface area contributed by atoms with E-state index < -0.39 is 0 Å². The molecule has 1 saturated heterocycles. The van der Waals surface area contributed by atoms with E-state index in [4.69, 9.17) is 0 Å². The van der Waals surface area contributed by atoms with Crippen LogP contribution >= 0.6 is 0 Å². The zero-order chi connectivity index (χ0) is 13.2. The molecule has 1 fully saturated rings. The zero-order valence-electron chi connectivity index (χ0n) is 12.7. The van der Waals surface area contributed by atoms with E-state index in [0.717, 1.165) is 19.0 Å². The maximum atomic E-state index is 3.57. The van der Waals surface area contributed by atoms with Crippen LogP contribution in [0, 0.1) is 5.92 Å². The highest BCUT2D eigenvalue weighted by Gasteiger charge is 2.20. The Morgan fingerprint density at radius 1 is 1.17 bits per heavy atom. The zero-order valence-corrected chi connectivity index (χ0v) is 12.7. The Morgan fingerprint density at radius 3 is 2.61 bits per heavy atom. The van der Waals surface area contributed by atoms with Crippen LogP contribution < -0.4 is 5.32 Å². The summed E-state index contributed by atoms with van der Waals surface area (Å²) < 4.78 is 0. The third-order valence-corrected chi connectivity index (χ3v) is 4.17. The van der Waals surface area contributed by atoms with Gasteiger partial charge in [0.25, 0.3) is 0 Å². The van der Waals surface area contributed by atoms with Crippen molar-refractivity contribution in [3.05, 3.63) is 0 Å². The van der Waals surface area contributed by atoms with E-state index in [1.165, 1.54) is 58.5 Å². The Labute approximate surface area is 114 Å². The molecule has 0 saturated carbocycles. The summed E-state index contributed by atoms with van der Waals surface area (Å²) in [5.41, 5.74) is 0. The highest BCUT2D eigenvalue weighted by Crippen LogP contribution is 2.19. The van der Waals surface area contributed by atoms with E-state index in [2.05, 4.69) is 35.9 Å². The average Bonchev–Trinajstić information content (AvgIpc) is 2.82. The van der Waals surface area contributed by atoms with Gasteiger partial charge in [-0.05, 0) is 38.4 Å². The van der Waals surface area contributed by atoms with Crippen molar-refractivity contribution in [2.75, 3.05) is 52.4 Å². The quantitative estimate of drug-likeness (QED) is 0.603. The summed E-state index contributed by atoms with van der Waals surface area (Å²) in [5, 5.41) is 3.57. The van der Waals surface area contributed by atoms with Gasteiger partial charge in [0.1, 0.15) is 0 Å². The van der Waals surface area contributed by atoms with Crippen molar-refractivity contribution in [3.63, 3.8) is 0 Å². The average molecular weight is 255 g/mol. The van der Waals surface area contributed by atoms with E-state index in [-0.39, 0.29) is 0 Å². The molecule has 0 amide bonds. The molecular weight excluding hydrogens is 222 g/mol. The molecule has 0 radical (unpaired) electrons. The third-order valence-electron chi connectivity index (χ3n) is 4.17. The molecule has 1 rings (SSSR count). The van der Waals surface area contributed by atoms with Gasteiger partial charge >= 0.3 is 0 Å². The summed E-state index contributed by atoms with van der Waals surface area (Å²) in [6.45, 7) is 16.5. The minimum absolute atomic E-state index is 0.977. The number of nitrogens with zero attached hydrogens (tertiary/aromatic N) is 2. The molecule has 3 nitrogen and oxygen atoms in total. The first-order valence-corrected chi connectivity index (χ1v) is 7.95. The van der Waals surface area contributed by atoms with Crippen molar-refractivity contribution < 1.29 is 0 Å². The fraction of sp³-hybridized carbons (Fsp3) is 1.00. The number of hydrogen-bond acceptors (Lipinski definition) is 3. The van der Waals surface area contributed by atoms with Crippen molar-refractivity contribution in [1.29, 1.82) is 0 Å². The monoisotopic (exact) mass is 255 g/mol. The summed E-state index contributed by atoms with van der Waals surface area (Å²) in [4.78, 5) is 5.10. The third kappa shape index (κ3) is 6.17. The molecular formula is C15H33N3. The fourth-order valence-corrected chi connectivity index (χ4v) is 2.90. The number of rotatable bonds is 10. The predicted octanol–water partition coefficient (Wildman–Crippen LogP) is 2.04. The van der Waals surface area contributed by atoms with Gasteiger partial charge in [-0.3, -0.25) is 0 Å². The Hall–Kier alpha value is -0.120. The smallest absolute Gasteiger partial charge is 0.0107 e. The topological polar surface area (TPSA) is 18.5 Å². The van der Waals surface area contributed by atoms with Crippen LogP contribution in [-0.4, -0.2) is 62.2 Å². The van der Waals surface area contributed by atoms with E-state index in [9.17, 15) is 0 Å². The second-order valence-electron chi connectivity index (χ2n) is 5.52. The van der Waals surface area contributed by atoms with Crippen LogP contribution in [0.5, 0.6) is 0 Å². The van der Waals surface area contributed by atoms with Crippen LogP contribution in [0.2, 0.25) is 0 Å². The van der Waals surface area contributed by atoms with E-state index >= 15 is 0 Å². The van der Waals surface area contributed by atoms with Gasteiger partial charge in [0.2, 0.25) is 0 Å². The van der Waals surface area contributed by atoms with Crippen LogP contribution in [0.3, 0.4) is 0 Å². The molecule has 108 valence electrons. The Bertz CT molecular complexity index is 192. The van der Waals surface area contributed by atoms with Crippen molar-refractivity contribution in [1.82, 2.24) is 15.1 Å². The number of hydrogen-bond donors (Lipinski definition) is 1. The van der Waals surface area contributed by atoms with Crippen LogP contribution in [0.1, 0.15) is 40.0 Å². The van der Waals surface area contributed by atoms with Crippen LogP contribution in [0.25, 0.3) is 0 Å². The lowest BCUT2D eigenvalue weighted by Gasteiger charge is -2.19. The van der Waals surface area contributed by atoms with Gasteiger partial charge in [-0.25, -0.2) is 0 Å². The molecule has 0 aliphatic carbocycles. The molecule has 1 atom stereocenters. The molecule has 0 aromatic heterocycles. The highest BCUT2D eigenvalue weighted by atomic mass is 15.2. The number of nitrogens with one attached hydrogen (secondary N) is 1. The molecule has 0 aromatic carbocycles. The maximum Gasteiger partial charge on any atom is 0.0107 e. The SMILES string of the molecule is CCCC1CCN(CCNCCN(CC)CC)C1. The van der Waals surface area contributed by atoms with Gasteiger partial charge in [0.05, 0.1) is 0 Å². The van der Waals surface area contributed by atoms with Crippen LogP contribution in [-0.2, 0) is 0 Å². The summed E-state index contributed by atoms with van der Waals surface area (Å²) in [6.07, 6.45) is 4.19. The molecule has 1 aliphatic heterocycles. The van der Waals surface area contributed by atoms with Gasteiger partial charge in [0.15, 0.2) is 0 Å². The molecule has 1 N–H and O–H groups in total. The molecule has 0 bridgehead atoms. The predicted molar refractivity (Wildman–Crippen MR) is 80.1 cm³/mol. The van der Waals surface area contributed by atoms with Gasteiger partial charge in [-0.15, -0.1) is 0 Å².